The number of hydrogen-bond acceptors (Lipinski definition) is 5. The Hall–Kier alpha value is -2.67. The fraction of sp³-hybridized carbons (Fsp3) is 0.278. The number of amides is 1. The zero-order valence-corrected chi connectivity index (χ0v) is 15.4. The van der Waals surface area contributed by atoms with Crippen LogP contribution in [0.1, 0.15) is 16.1 Å². The maximum Gasteiger partial charge on any atom is 0.268 e. The van der Waals surface area contributed by atoms with Gasteiger partial charge in [0.2, 0.25) is 5.75 Å². The lowest BCUT2D eigenvalue weighted by Gasteiger charge is -2.14. The van der Waals surface area contributed by atoms with Gasteiger partial charge in [-0.15, -0.1) is 11.3 Å². The molecular formula is C18H20N2O4S. The Morgan fingerprint density at radius 2 is 1.80 bits per heavy atom. The number of fused-ring (bicyclic) bond motifs is 1. The molecule has 0 spiro atoms. The summed E-state index contributed by atoms with van der Waals surface area (Å²) in [6, 6.07) is 7.56. The van der Waals surface area contributed by atoms with Crippen molar-refractivity contribution in [2.24, 2.45) is 7.05 Å². The zero-order chi connectivity index (χ0) is 18.0. The van der Waals surface area contributed by atoms with Crippen molar-refractivity contribution in [3.8, 4) is 17.2 Å². The van der Waals surface area contributed by atoms with Gasteiger partial charge in [0.05, 0.1) is 21.3 Å². The molecule has 0 atom stereocenters. The molecule has 0 aliphatic carbocycles. The van der Waals surface area contributed by atoms with Crippen molar-refractivity contribution in [2.45, 2.75) is 6.54 Å². The van der Waals surface area contributed by atoms with E-state index >= 15 is 0 Å². The predicted molar refractivity (Wildman–Crippen MR) is 98.1 cm³/mol. The SMILES string of the molecule is COc1cc(CNC(=O)c2cc3ccsc3n2C)cc(OC)c1OC. The molecule has 3 rings (SSSR count). The Morgan fingerprint density at radius 3 is 2.36 bits per heavy atom. The number of benzene rings is 1. The molecule has 1 N–H and O–H groups in total. The predicted octanol–water partition coefficient (Wildman–Crippen LogP) is 3.20. The van der Waals surface area contributed by atoms with E-state index in [0.717, 1.165) is 15.8 Å². The Bertz CT molecular complexity index is 888. The number of thiophene rings is 1. The van der Waals surface area contributed by atoms with Crippen LogP contribution in [-0.2, 0) is 13.6 Å². The van der Waals surface area contributed by atoms with Gasteiger partial charge < -0.3 is 24.1 Å². The molecule has 6 nitrogen and oxygen atoms in total. The first-order chi connectivity index (χ1) is 12.1. The Kier molecular flexibility index (Phi) is 4.85. The van der Waals surface area contributed by atoms with E-state index in [1.54, 1.807) is 32.7 Å². The summed E-state index contributed by atoms with van der Waals surface area (Å²) in [6.45, 7) is 0.356. The number of rotatable bonds is 6. The first-order valence-corrected chi connectivity index (χ1v) is 8.57. The lowest BCUT2D eigenvalue weighted by atomic mass is 10.1. The summed E-state index contributed by atoms with van der Waals surface area (Å²) < 4.78 is 17.9. The molecule has 0 bridgehead atoms. The second-order valence-electron chi connectivity index (χ2n) is 5.49. The summed E-state index contributed by atoms with van der Waals surface area (Å²) in [5.74, 6) is 1.53. The summed E-state index contributed by atoms with van der Waals surface area (Å²) in [5, 5.41) is 6.03. The Morgan fingerprint density at radius 1 is 1.12 bits per heavy atom. The standard InChI is InChI=1S/C18H20N2O4S/c1-20-13(9-12-5-6-25-18(12)20)17(21)19-10-11-7-14(22-2)16(24-4)15(8-11)23-3/h5-9H,10H2,1-4H3,(H,19,21). The Labute approximate surface area is 149 Å². The molecule has 132 valence electrons. The van der Waals surface area contributed by atoms with Gasteiger partial charge in [0.1, 0.15) is 10.5 Å². The third-order valence-corrected chi connectivity index (χ3v) is 5.05. The Balaban J connectivity index is 1.79. The molecule has 1 aromatic carbocycles. The molecule has 25 heavy (non-hydrogen) atoms. The van der Waals surface area contributed by atoms with Gasteiger partial charge in [-0.25, -0.2) is 0 Å². The molecule has 1 amide bonds. The van der Waals surface area contributed by atoms with E-state index in [1.165, 1.54) is 0 Å². The van der Waals surface area contributed by atoms with Crippen LogP contribution in [0.25, 0.3) is 10.2 Å². The van der Waals surface area contributed by atoms with Crippen LogP contribution in [0.15, 0.2) is 29.6 Å². The molecule has 0 aliphatic heterocycles. The van der Waals surface area contributed by atoms with Crippen LogP contribution in [0.2, 0.25) is 0 Å². The van der Waals surface area contributed by atoms with Gasteiger partial charge in [-0.1, -0.05) is 0 Å². The number of carbonyl (C=O) groups is 1. The summed E-state index contributed by atoms with van der Waals surface area (Å²) in [4.78, 5) is 13.6. The summed E-state index contributed by atoms with van der Waals surface area (Å²) in [6.07, 6.45) is 0. The van der Waals surface area contributed by atoms with Crippen molar-refractivity contribution in [1.29, 1.82) is 0 Å². The van der Waals surface area contributed by atoms with E-state index in [4.69, 9.17) is 14.2 Å². The molecule has 7 heteroatoms. The van der Waals surface area contributed by atoms with Crippen LogP contribution >= 0.6 is 11.3 Å². The van der Waals surface area contributed by atoms with Gasteiger partial charge in [-0.3, -0.25) is 4.79 Å². The molecule has 2 heterocycles. The van der Waals surface area contributed by atoms with E-state index in [0.29, 0.717) is 29.5 Å². The second kappa shape index (κ2) is 7.06. The van der Waals surface area contributed by atoms with Crippen molar-refractivity contribution < 1.29 is 19.0 Å². The molecule has 0 saturated carbocycles. The largest absolute Gasteiger partial charge is 0.493 e. The van der Waals surface area contributed by atoms with Crippen molar-refractivity contribution >= 4 is 27.5 Å². The fourth-order valence-electron chi connectivity index (χ4n) is 2.78. The number of aryl methyl sites for hydroxylation is 1. The second-order valence-corrected chi connectivity index (χ2v) is 6.38. The molecule has 0 aliphatic rings. The highest BCUT2D eigenvalue weighted by molar-refractivity contribution is 7.16. The number of nitrogens with zero attached hydrogens (tertiary/aromatic N) is 1. The van der Waals surface area contributed by atoms with Gasteiger partial charge in [0, 0.05) is 19.0 Å². The number of nitrogens with one attached hydrogen (secondary N) is 1. The van der Waals surface area contributed by atoms with Crippen LogP contribution in [0.5, 0.6) is 17.2 Å². The normalized spacial score (nSPS) is 10.7. The highest BCUT2D eigenvalue weighted by atomic mass is 32.1. The molecule has 3 aromatic rings. The van der Waals surface area contributed by atoms with Gasteiger partial charge >= 0.3 is 0 Å². The van der Waals surface area contributed by atoms with E-state index in [2.05, 4.69) is 5.32 Å². The first-order valence-electron chi connectivity index (χ1n) is 7.69. The highest BCUT2D eigenvalue weighted by Gasteiger charge is 2.16. The molecular weight excluding hydrogens is 340 g/mol. The van der Waals surface area contributed by atoms with E-state index in [-0.39, 0.29) is 5.91 Å². The fourth-order valence-corrected chi connectivity index (χ4v) is 3.64. The zero-order valence-electron chi connectivity index (χ0n) is 14.6. The third-order valence-electron chi connectivity index (χ3n) is 4.04. The highest BCUT2D eigenvalue weighted by Crippen LogP contribution is 2.38. The average molecular weight is 360 g/mol. The minimum Gasteiger partial charge on any atom is -0.493 e. The molecule has 2 aromatic heterocycles. The van der Waals surface area contributed by atoms with Gasteiger partial charge in [-0.2, -0.15) is 0 Å². The summed E-state index contributed by atoms with van der Waals surface area (Å²) in [7, 11) is 6.59. The van der Waals surface area contributed by atoms with Gasteiger partial charge in [0.25, 0.3) is 5.91 Å². The summed E-state index contributed by atoms with van der Waals surface area (Å²) in [5.41, 5.74) is 1.49. The van der Waals surface area contributed by atoms with E-state index in [9.17, 15) is 4.79 Å². The smallest absolute Gasteiger partial charge is 0.268 e. The maximum absolute atomic E-state index is 12.5. The lowest BCUT2D eigenvalue weighted by Crippen LogP contribution is -2.24. The lowest BCUT2D eigenvalue weighted by molar-refractivity contribution is 0.0943. The molecule has 0 saturated heterocycles. The molecule has 0 fully saturated rings. The van der Waals surface area contributed by atoms with E-state index in [1.807, 2.05) is 41.3 Å². The van der Waals surface area contributed by atoms with Gasteiger partial charge in [0.15, 0.2) is 11.5 Å². The van der Waals surface area contributed by atoms with Crippen molar-refractivity contribution in [3.05, 3.63) is 40.9 Å². The van der Waals surface area contributed by atoms with Crippen molar-refractivity contribution in [1.82, 2.24) is 9.88 Å². The molecule has 0 radical (unpaired) electrons. The quantitative estimate of drug-likeness (QED) is 0.733. The monoisotopic (exact) mass is 360 g/mol. The third kappa shape index (κ3) is 3.15. The average Bonchev–Trinajstić information content (AvgIpc) is 3.21. The topological polar surface area (TPSA) is 61.7 Å². The number of ether oxygens (including phenoxy) is 3. The number of carbonyl (C=O) groups excluding carboxylic acids is 1. The van der Waals surface area contributed by atoms with Crippen molar-refractivity contribution in [2.75, 3.05) is 21.3 Å². The first kappa shape index (κ1) is 17.2. The van der Waals surface area contributed by atoms with Crippen LogP contribution < -0.4 is 19.5 Å². The minimum absolute atomic E-state index is 0.125. The number of aromatic nitrogens is 1. The number of hydrogen-bond donors (Lipinski definition) is 1. The van der Waals surface area contributed by atoms with Crippen LogP contribution in [0.3, 0.4) is 0 Å². The minimum atomic E-state index is -0.125. The maximum atomic E-state index is 12.5. The van der Waals surface area contributed by atoms with Gasteiger partial charge in [-0.05, 0) is 35.2 Å². The van der Waals surface area contributed by atoms with Crippen LogP contribution in [0, 0.1) is 0 Å². The van der Waals surface area contributed by atoms with Crippen LogP contribution in [0.4, 0.5) is 0 Å². The molecule has 0 unspecified atom stereocenters. The van der Waals surface area contributed by atoms with E-state index < -0.39 is 0 Å². The summed E-state index contributed by atoms with van der Waals surface area (Å²) >= 11 is 1.62. The number of methoxy groups -OCH3 is 3. The van der Waals surface area contributed by atoms with Crippen LogP contribution in [-0.4, -0.2) is 31.8 Å². The van der Waals surface area contributed by atoms with Crippen molar-refractivity contribution in [3.63, 3.8) is 0 Å².